The number of carbonyl (C=O) groups excluding carboxylic acids is 1. The highest BCUT2D eigenvalue weighted by Crippen LogP contribution is 2.32. The van der Waals surface area contributed by atoms with Gasteiger partial charge >= 0.3 is 0 Å². The number of carbonyl (C=O) groups is 1. The second-order valence-corrected chi connectivity index (χ2v) is 4.02. The Morgan fingerprint density at radius 2 is 1.93 bits per heavy atom. The number of rotatable bonds is 5. The topological polar surface area (TPSA) is 26.3 Å². The Morgan fingerprint density at radius 3 is 2.47 bits per heavy atom. The standard InChI is InChI=1S/C11H12Cl2O2/c1-8(14)4-3-7-15-11-9(12)5-2-6-10(11)13/h2,5-6H,3-4,7H2,1H3. The Labute approximate surface area is 99.1 Å². The number of hydrogen-bond donors (Lipinski definition) is 0. The summed E-state index contributed by atoms with van der Waals surface area (Å²) in [5.74, 6) is 0.647. The lowest BCUT2D eigenvalue weighted by Gasteiger charge is -2.08. The van der Waals surface area contributed by atoms with Crippen LogP contribution in [0, 0.1) is 0 Å². The maximum absolute atomic E-state index is 10.7. The molecule has 0 aliphatic carbocycles. The van der Waals surface area contributed by atoms with E-state index in [4.69, 9.17) is 27.9 Å². The van der Waals surface area contributed by atoms with Crippen LogP contribution in [0.2, 0.25) is 10.0 Å². The van der Waals surface area contributed by atoms with E-state index in [2.05, 4.69) is 0 Å². The zero-order chi connectivity index (χ0) is 11.3. The van der Waals surface area contributed by atoms with Crippen molar-refractivity contribution in [1.29, 1.82) is 0 Å². The van der Waals surface area contributed by atoms with Gasteiger partial charge in [0, 0.05) is 6.42 Å². The van der Waals surface area contributed by atoms with Gasteiger partial charge in [-0.15, -0.1) is 0 Å². The summed E-state index contributed by atoms with van der Waals surface area (Å²) in [5, 5.41) is 0.982. The van der Waals surface area contributed by atoms with Crippen LogP contribution in [0.1, 0.15) is 19.8 Å². The minimum Gasteiger partial charge on any atom is -0.490 e. The molecule has 0 unspecified atom stereocenters. The van der Waals surface area contributed by atoms with Crippen molar-refractivity contribution >= 4 is 29.0 Å². The molecule has 0 saturated heterocycles. The number of ketones is 1. The third-order valence-electron chi connectivity index (χ3n) is 1.84. The first-order valence-corrected chi connectivity index (χ1v) is 5.43. The Bertz CT molecular complexity index is 330. The summed E-state index contributed by atoms with van der Waals surface area (Å²) in [5.41, 5.74) is 0. The molecule has 0 spiro atoms. The van der Waals surface area contributed by atoms with E-state index in [9.17, 15) is 4.79 Å². The minimum absolute atomic E-state index is 0.156. The molecule has 0 aliphatic rings. The molecular formula is C11H12Cl2O2. The second kappa shape index (κ2) is 5.99. The maximum atomic E-state index is 10.7. The molecule has 0 aromatic heterocycles. The van der Waals surface area contributed by atoms with Crippen molar-refractivity contribution in [2.75, 3.05) is 6.61 Å². The van der Waals surface area contributed by atoms with Crippen LogP contribution < -0.4 is 4.74 Å². The third kappa shape index (κ3) is 4.10. The molecule has 15 heavy (non-hydrogen) atoms. The molecule has 0 amide bonds. The van der Waals surface area contributed by atoms with Gasteiger partial charge in [-0.3, -0.25) is 0 Å². The summed E-state index contributed by atoms with van der Waals surface area (Å²) in [6.45, 7) is 2.01. The molecule has 0 heterocycles. The quantitative estimate of drug-likeness (QED) is 0.741. The molecule has 0 saturated carbocycles. The highest BCUT2D eigenvalue weighted by Gasteiger charge is 2.06. The van der Waals surface area contributed by atoms with Gasteiger partial charge in [-0.25, -0.2) is 0 Å². The van der Waals surface area contributed by atoms with E-state index in [1.807, 2.05) is 0 Å². The van der Waals surface area contributed by atoms with Crippen LogP contribution in [-0.2, 0) is 4.79 Å². The summed E-state index contributed by atoms with van der Waals surface area (Å²) in [6, 6.07) is 5.19. The van der Waals surface area contributed by atoms with Gasteiger partial charge in [0.05, 0.1) is 16.7 Å². The molecule has 2 nitrogen and oxygen atoms in total. The van der Waals surface area contributed by atoms with E-state index in [0.29, 0.717) is 35.2 Å². The van der Waals surface area contributed by atoms with Crippen molar-refractivity contribution in [2.45, 2.75) is 19.8 Å². The minimum atomic E-state index is 0.156. The first-order valence-electron chi connectivity index (χ1n) is 4.67. The van der Waals surface area contributed by atoms with Crippen molar-refractivity contribution in [3.8, 4) is 5.75 Å². The number of halogens is 2. The molecule has 0 bridgehead atoms. The fourth-order valence-electron chi connectivity index (χ4n) is 1.12. The maximum Gasteiger partial charge on any atom is 0.156 e. The molecular weight excluding hydrogens is 235 g/mol. The van der Waals surface area contributed by atoms with Crippen LogP contribution in [-0.4, -0.2) is 12.4 Å². The SMILES string of the molecule is CC(=O)CCCOc1c(Cl)cccc1Cl. The molecule has 0 radical (unpaired) electrons. The van der Waals surface area contributed by atoms with Crippen molar-refractivity contribution in [3.63, 3.8) is 0 Å². The van der Waals surface area contributed by atoms with Crippen LogP contribution >= 0.6 is 23.2 Å². The van der Waals surface area contributed by atoms with Gasteiger partial charge < -0.3 is 9.53 Å². The lowest BCUT2D eigenvalue weighted by atomic mass is 10.2. The van der Waals surface area contributed by atoms with Gasteiger partial charge in [-0.1, -0.05) is 29.3 Å². The molecule has 1 aromatic carbocycles. The molecule has 0 aliphatic heterocycles. The van der Waals surface area contributed by atoms with E-state index in [1.165, 1.54) is 0 Å². The van der Waals surface area contributed by atoms with Crippen LogP contribution in [0.4, 0.5) is 0 Å². The van der Waals surface area contributed by atoms with E-state index in [0.717, 1.165) is 0 Å². The summed E-state index contributed by atoms with van der Waals surface area (Å²) < 4.78 is 5.40. The Morgan fingerprint density at radius 1 is 1.33 bits per heavy atom. The highest BCUT2D eigenvalue weighted by atomic mass is 35.5. The number of benzene rings is 1. The molecule has 82 valence electrons. The van der Waals surface area contributed by atoms with Crippen molar-refractivity contribution in [3.05, 3.63) is 28.2 Å². The Balaban J connectivity index is 2.47. The van der Waals surface area contributed by atoms with Crippen LogP contribution in [0.25, 0.3) is 0 Å². The lowest BCUT2D eigenvalue weighted by Crippen LogP contribution is -2.01. The Kier molecular flexibility index (Phi) is 4.92. The predicted molar refractivity (Wildman–Crippen MR) is 61.9 cm³/mol. The number of Topliss-reactive ketones (excluding diaryl/α,β-unsaturated/α-hetero) is 1. The highest BCUT2D eigenvalue weighted by molar-refractivity contribution is 6.37. The summed E-state index contributed by atoms with van der Waals surface area (Å²) in [7, 11) is 0. The fourth-order valence-corrected chi connectivity index (χ4v) is 1.62. The first-order chi connectivity index (χ1) is 7.11. The average Bonchev–Trinajstić information content (AvgIpc) is 2.15. The normalized spacial score (nSPS) is 10.1. The summed E-state index contributed by atoms with van der Waals surface area (Å²) in [6.07, 6.45) is 1.19. The molecule has 0 N–H and O–H groups in total. The van der Waals surface area contributed by atoms with Gasteiger partial charge in [-0.05, 0) is 25.5 Å². The first kappa shape index (κ1) is 12.3. The van der Waals surface area contributed by atoms with E-state index < -0.39 is 0 Å². The van der Waals surface area contributed by atoms with Crippen LogP contribution in [0.3, 0.4) is 0 Å². The van der Waals surface area contributed by atoms with Crippen molar-refractivity contribution < 1.29 is 9.53 Å². The van der Waals surface area contributed by atoms with Gasteiger partial charge in [0.25, 0.3) is 0 Å². The van der Waals surface area contributed by atoms with Crippen molar-refractivity contribution in [2.24, 2.45) is 0 Å². The van der Waals surface area contributed by atoms with Gasteiger partial charge in [0.15, 0.2) is 5.75 Å². The number of ether oxygens (including phenoxy) is 1. The molecule has 1 aromatic rings. The van der Waals surface area contributed by atoms with Gasteiger partial charge in [0.1, 0.15) is 5.78 Å². The molecule has 0 fully saturated rings. The van der Waals surface area contributed by atoms with Crippen LogP contribution in [0.5, 0.6) is 5.75 Å². The summed E-state index contributed by atoms with van der Waals surface area (Å²) in [4.78, 5) is 10.7. The zero-order valence-corrected chi connectivity index (χ0v) is 9.94. The third-order valence-corrected chi connectivity index (χ3v) is 2.43. The fraction of sp³-hybridized carbons (Fsp3) is 0.364. The molecule has 1 rings (SSSR count). The lowest BCUT2D eigenvalue weighted by molar-refractivity contribution is -0.117. The van der Waals surface area contributed by atoms with Gasteiger partial charge in [-0.2, -0.15) is 0 Å². The smallest absolute Gasteiger partial charge is 0.156 e. The number of hydrogen-bond acceptors (Lipinski definition) is 2. The van der Waals surface area contributed by atoms with Crippen molar-refractivity contribution in [1.82, 2.24) is 0 Å². The average molecular weight is 247 g/mol. The van der Waals surface area contributed by atoms with E-state index >= 15 is 0 Å². The predicted octanol–water partition coefficient (Wildman–Crippen LogP) is 3.74. The van der Waals surface area contributed by atoms with E-state index in [-0.39, 0.29) is 5.78 Å². The van der Waals surface area contributed by atoms with E-state index in [1.54, 1.807) is 25.1 Å². The monoisotopic (exact) mass is 246 g/mol. The Hall–Kier alpha value is -0.730. The largest absolute Gasteiger partial charge is 0.490 e. The van der Waals surface area contributed by atoms with Crippen LogP contribution in [0.15, 0.2) is 18.2 Å². The van der Waals surface area contributed by atoms with Gasteiger partial charge in [0.2, 0.25) is 0 Å². The number of para-hydroxylation sites is 1. The summed E-state index contributed by atoms with van der Waals surface area (Å²) >= 11 is 11.8. The molecule has 0 atom stereocenters. The molecule has 4 heteroatoms. The second-order valence-electron chi connectivity index (χ2n) is 3.20. The zero-order valence-electron chi connectivity index (χ0n) is 8.43.